The van der Waals surface area contributed by atoms with Crippen molar-refractivity contribution < 1.29 is 47.6 Å². The molecule has 2 unspecified atom stereocenters. The minimum atomic E-state index is -5.08. The molecule has 1 aromatic carbocycles. The second-order valence-corrected chi connectivity index (χ2v) is 5.01. The fourth-order valence-corrected chi connectivity index (χ4v) is 1.44. The van der Waals surface area contributed by atoms with Crippen molar-refractivity contribution in [3.05, 3.63) is 35.9 Å². The maximum atomic E-state index is 11.3. The summed E-state index contributed by atoms with van der Waals surface area (Å²) >= 11 is 0. The van der Waals surface area contributed by atoms with Crippen molar-refractivity contribution in [1.82, 2.24) is 5.32 Å². The molecule has 27 heavy (non-hydrogen) atoms. The fraction of sp³-hybridized carbons (Fsp3) is 0.400. The quantitative estimate of drug-likeness (QED) is 0.451. The minimum Gasteiger partial charge on any atom is -0.480 e. The first kappa shape index (κ1) is 24.1. The number of hydrogen-bond acceptors (Lipinski definition) is 6. The summed E-state index contributed by atoms with van der Waals surface area (Å²) in [6.45, 7) is 0.222. The van der Waals surface area contributed by atoms with E-state index < -0.39 is 36.4 Å². The predicted octanol–water partition coefficient (Wildman–Crippen LogP) is 0.709. The number of nitrogens with two attached hydrogens (primary N) is 1. The van der Waals surface area contributed by atoms with Crippen LogP contribution in [0.3, 0.4) is 0 Å². The number of nitrogens with one attached hydrogen (secondary N) is 1. The van der Waals surface area contributed by atoms with Gasteiger partial charge < -0.3 is 31.1 Å². The predicted molar refractivity (Wildman–Crippen MR) is 84.6 cm³/mol. The molecule has 0 aromatic heterocycles. The first-order chi connectivity index (χ1) is 12.4. The van der Waals surface area contributed by atoms with E-state index in [1.165, 1.54) is 0 Å². The van der Waals surface area contributed by atoms with Crippen molar-refractivity contribution in [1.29, 1.82) is 0 Å². The number of halogens is 3. The van der Waals surface area contributed by atoms with Gasteiger partial charge in [-0.25, -0.2) is 9.59 Å². The lowest BCUT2D eigenvalue weighted by molar-refractivity contribution is -0.192. The molecule has 0 aliphatic heterocycles. The summed E-state index contributed by atoms with van der Waals surface area (Å²) < 4.78 is 36.7. The summed E-state index contributed by atoms with van der Waals surface area (Å²) in [5.74, 6) is -4.04. The first-order valence-corrected chi connectivity index (χ1v) is 7.36. The number of amides is 1. The van der Waals surface area contributed by atoms with Crippen molar-refractivity contribution in [2.45, 2.75) is 31.3 Å². The normalized spacial score (nSPS) is 12.8. The topological polar surface area (TPSA) is 159 Å². The van der Waals surface area contributed by atoms with E-state index in [4.69, 9.17) is 25.5 Å². The molecule has 152 valence electrons. The lowest BCUT2D eigenvalue weighted by Crippen LogP contribution is -2.43. The molecule has 1 rings (SSSR count). The third kappa shape index (κ3) is 11.4. The number of rotatable bonds is 7. The molecule has 0 spiro atoms. The molecule has 2 atom stereocenters. The number of carboxylic acids is 2. The Balaban J connectivity index is 0.000000821. The Morgan fingerprint density at radius 3 is 2.11 bits per heavy atom. The SMILES string of the molecule is NC(C(=O)O)C(O)CCNC(=O)OCc1ccccc1.O=C(O)C(F)(F)F. The molecule has 0 saturated carbocycles. The molecule has 0 bridgehead atoms. The van der Waals surface area contributed by atoms with Crippen LogP contribution in [0.15, 0.2) is 30.3 Å². The Kier molecular flexibility index (Phi) is 10.5. The number of aliphatic hydroxyl groups is 1. The van der Waals surface area contributed by atoms with E-state index in [2.05, 4.69) is 5.32 Å². The van der Waals surface area contributed by atoms with Gasteiger partial charge >= 0.3 is 24.2 Å². The summed E-state index contributed by atoms with van der Waals surface area (Å²) in [5.41, 5.74) is 6.08. The number of alkyl halides is 3. The number of aliphatic hydroxyl groups excluding tert-OH is 1. The zero-order chi connectivity index (χ0) is 21.0. The summed E-state index contributed by atoms with van der Waals surface area (Å²) in [6.07, 6.45) is -6.90. The number of ether oxygens (including phenoxy) is 1. The van der Waals surface area contributed by atoms with Crippen LogP contribution in [0.1, 0.15) is 12.0 Å². The van der Waals surface area contributed by atoms with Crippen LogP contribution in [0.4, 0.5) is 18.0 Å². The van der Waals surface area contributed by atoms with E-state index in [0.29, 0.717) is 0 Å². The Bertz CT molecular complexity index is 611. The molecule has 1 amide bonds. The van der Waals surface area contributed by atoms with Crippen molar-refractivity contribution in [3.8, 4) is 0 Å². The van der Waals surface area contributed by atoms with E-state index in [1.807, 2.05) is 30.3 Å². The van der Waals surface area contributed by atoms with Crippen LogP contribution in [0.2, 0.25) is 0 Å². The summed E-state index contributed by atoms with van der Waals surface area (Å²) in [6, 6.07) is 7.81. The summed E-state index contributed by atoms with van der Waals surface area (Å²) in [4.78, 5) is 30.7. The zero-order valence-electron chi connectivity index (χ0n) is 13.8. The van der Waals surface area contributed by atoms with Crippen LogP contribution >= 0.6 is 0 Å². The van der Waals surface area contributed by atoms with E-state index in [9.17, 15) is 27.9 Å². The molecule has 0 saturated heterocycles. The highest BCUT2D eigenvalue weighted by molar-refractivity contribution is 5.74. The average Bonchev–Trinajstić information content (AvgIpc) is 2.59. The zero-order valence-corrected chi connectivity index (χ0v) is 13.8. The number of alkyl carbamates (subject to hydrolysis) is 1. The van der Waals surface area contributed by atoms with E-state index in [0.717, 1.165) is 5.56 Å². The molecule has 0 aliphatic carbocycles. The van der Waals surface area contributed by atoms with Crippen molar-refractivity contribution in [2.75, 3.05) is 6.54 Å². The number of hydrogen-bond donors (Lipinski definition) is 5. The van der Waals surface area contributed by atoms with Gasteiger partial charge in [0.05, 0.1) is 6.10 Å². The number of aliphatic carboxylic acids is 2. The monoisotopic (exact) mass is 396 g/mol. The lowest BCUT2D eigenvalue weighted by Gasteiger charge is -2.14. The molecule has 9 nitrogen and oxygen atoms in total. The summed E-state index contributed by atoms with van der Waals surface area (Å²) in [7, 11) is 0. The highest BCUT2D eigenvalue weighted by atomic mass is 19.4. The van der Waals surface area contributed by atoms with Crippen LogP contribution in [0, 0.1) is 0 Å². The molecule has 0 aliphatic rings. The van der Waals surface area contributed by atoms with Gasteiger partial charge in [-0.1, -0.05) is 30.3 Å². The second kappa shape index (κ2) is 11.7. The number of carbonyl (C=O) groups is 3. The highest BCUT2D eigenvalue weighted by Crippen LogP contribution is 2.13. The third-order valence-electron chi connectivity index (χ3n) is 2.86. The molecule has 0 heterocycles. The first-order valence-electron chi connectivity index (χ1n) is 7.36. The van der Waals surface area contributed by atoms with Crippen molar-refractivity contribution in [2.24, 2.45) is 5.73 Å². The molecule has 0 radical (unpaired) electrons. The molecular weight excluding hydrogens is 377 g/mol. The van der Waals surface area contributed by atoms with E-state index in [1.54, 1.807) is 0 Å². The number of benzene rings is 1. The van der Waals surface area contributed by atoms with Crippen LogP contribution < -0.4 is 11.1 Å². The molecule has 6 N–H and O–H groups in total. The van der Waals surface area contributed by atoms with Gasteiger partial charge in [0, 0.05) is 6.54 Å². The minimum absolute atomic E-state index is 0.0356. The Hall–Kier alpha value is -2.86. The Morgan fingerprint density at radius 2 is 1.67 bits per heavy atom. The second-order valence-electron chi connectivity index (χ2n) is 5.01. The summed E-state index contributed by atoms with van der Waals surface area (Å²) in [5, 5.41) is 27.5. The van der Waals surface area contributed by atoms with Gasteiger partial charge in [0.1, 0.15) is 12.6 Å². The van der Waals surface area contributed by atoms with Gasteiger partial charge in [-0.2, -0.15) is 13.2 Å². The number of carbonyl (C=O) groups excluding carboxylic acids is 1. The van der Waals surface area contributed by atoms with Crippen molar-refractivity contribution in [3.63, 3.8) is 0 Å². The molecular formula is C15H19F3N2O7. The van der Waals surface area contributed by atoms with Crippen LogP contribution in [0.25, 0.3) is 0 Å². The maximum Gasteiger partial charge on any atom is 0.490 e. The van der Waals surface area contributed by atoms with Gasteiger partial charge in [0.2, 0.25) is 0 Å². The maximum absolute atomic E-state index is 11.3. The number of carboxylic acid groups (broad SMARTS) is 2. The largest absolute Gasteiger partial charge is 0.490 e. The molecule has 0 fully saturated rings. The van der Waals surface area contributed by atoms with Gasteiger partial charge in [0.25, 0.3) is 0 Å². The lowest BCUT2D eigenvalue weighted by atomic mass is 10.1. The smallest absolute Gasteiger partial charge is 0.480 e. The van der Waals surface area contributed by atoms with Gasteiger partial charge in [-0.15, -0.1) is 0 Å². The van der Waals surface area contributed by atoms with E-state index in [-0.39, 0.29) is 19.6 Å². The van der Waals surface area contributed by atoms with Crippen LogP contribution in [-0.4, -0.2) is 58.2 Å². The standard InChI is InChI=1S/C13H18N2O5.C2HF3O2/c14-11(12(17)18)10(16)6-7-15-13(19)20-8-9-4-2-1-3-5-9;3-2(4,5)1(6)7/h1-5,10-11,16H,6-8,14H2,(H,15,19)(H,17,18);(H,6,7). The molecule has 12 heteroatoms. The van der Waals surface area contributed by atoms with Gasteiger partial charge in [-0.05, 0) is 12.0 Å². The van der Waals surface area contributed by atoms with Gasteiger partial charge in [0.15, 0.2) is 0 Å². The van der Waals surface area contributed by atoms with Crippen LogP contribution in [-0.2, 0) is 20.9 Å². The highest BCUT2D eigenvalue weighted by Gasteiger charge is 2.38. The van der Waals surface area contributed by atoms with E-state index >= 15 is 0 Å². The third-order valence-corrected chi connectivity index (χ3v) is 2.86. The fourth-order valence-electron chi connectivity index (χ4n) is 1.44. The van der Waals surface area contributed by atoms with Crippen LogP contribution in [0.5, 0.6) is 0 Å². The van der Waals surface area contributed by atoms with Crippen molar-refractivity contribution >= 4 is 18.0 Å². The average molecular weight is 396 g/mol. The Labute approximate surface area is 151 Å². The van der Waals surface area contributed by atoms with Gasteiger partial charge in [-0.3, -0.25) is 4.79 Å². The Morgan fingerprint density at radius 1 is 1.15 bits per heavy atom. The molecule has 1 aromatic rings.